The highest BCUT2D eigenvalue weighted by Gasteiger charge is 2.40. The average Bonchev–Trinajstić information content (AvgIpc) is 2.89. The smallest absolute Gasteiger partial charge is 0.00482 e. The zero-order valence-corrected chi connectivity index (χ0v) is 12.7. The van der Waals surface area contributed by atoms with Gasteiger partial charge in [-0.25, -0.2) is 0 Å². The molecule has 18 heavy (non-hydrogen) atoms. The summed E-state index contributed by atoms with van der Waals surface area (Å²) < 4.78 is 0. The van der Waals surface area contributed by atoms with Gasteiger partial charge in [0.15, 0.2) is 0 Å². The molecule has 0 bridgehead atoms. The SMILES string of the molecule is CC1(CN2CCCC3(CCCC3)C2)CCNC1.Cl. The molecule has 0 amide bonds. The second kappa shape index (κ2) is 5.68. The summed E-state index contributed by atoms with van der Waals surface area (Å²) >= 11 is 0. The van der Waals surface area contributed by atoms with Crippen molar-refractivity contribution in [3.8, 4) is 0 Å². The standard InChI is InChI=1S/C15H28N2.ClH/c1-14(8-9-16-11-14)12-17-10-4-7-15(13-17)5-2-3-6-15;/h16H,2-13H2,1H3;1H. The molecule has 0 aromatic rings. The van der Waals surface area contributed by atoms with Crippen molar-refractivity contribution >= 4 is 12.4 Å². The van der Waals surface area contributed by atoms with Gasteiger partial charge in [-0.1, -0.05) is 19.8 Å². The van der Waals surface area contributed by atoms with Crippen molar-refractivity contribution in [1.82, 2.24) is 10.2 Å². The van der Waals surface area contributed by atoms with Crippen LogP contribution in [0.25, 0.3) is 0 Å². The van der Waals surface area contributed by atoms with Gasteiger partial charge in [0, 0.05) is 19.6 Å². The highest BCUT2D eigenvalue weighted by atomic mass is 35.5. The van der Waals surface area contributed by atoms with Crippen LogP contribution < -0.4 is 5.32 Å². The molecule has 1 atom stereocenters. The summed E-state index contributed by atoms with van der Waals surface area (Å²) in [5.41, 5.74) is 1.29. The van der Waals surface area contributed by atoms with E-state index in [0.29, 0.717) is 5.41 Å². The van der Waals surface area contributed by atoms with Gasteiger partial charge in [0.25, 0.3) is 0 Å². The Hall–Kier alpha value is 0.210. The molecule has 2 aliphatic heterocycles. The third-order valence-corrected chi connectivity index (χ3v) is 5.47. The molecule has 3 heteroatoms. The Labute approximate surface area is 118 Å². The van der Waals surface area contributed by atoms with E-state index in [-0.39, 0.29) is 12.4 Å². The lowest BCUT2D eigenvalue weighted by atomic mass is 9.77. The molecule has 0 aromatic heterocycles. The van der Waals surface area contributed by atoms with Crippen molar-refractivity contribution in [2.24, 2.45) is 10.8 Å². The first kappa shape index (κ1) is 14.6. The lowest BCUT2D eigenvalue weighted by Gasteiger charge is -2.43. The van der Waals surface area contributed by atoms with Crippen LogP contribution in [0.3, 0.4) is 0 Å². The Kier molecular flexibility index (Phi) is 4.61. The summed E-state index contributed by atoms with van der Waals surface area (Å²) in [6.07, 6.45) is 10.3. The summed E-state index contributed by atoms with van der Waals surface area (Å²) in [5, 5.41) is 3.54. The van der Waals surface area contributed by atoms with E-state index in [4.69, 9.17) is 0 Å². The number of piperidine rings is 1. The number of nitrogens with zero attached hydrogens (tertiary/aromatic N) is 1. The van der Waals surface area contributed by atoms with Gasteiger partial charge < -0.3 is 10.2 Å². The molecule has 2 saturated heterocycles. The maximum atomic E-state index is 3.54. The minimum Gasteiger partial charge on any atom is -0.316 e. The minimum atomic E-state index is 0. The predicted octanol–water partition coefficient (Wildman–Crippen LogP) is 3.06. The number of likely N-dealkylation sites (tertiary alicyclic amines) is 1. The molecule has 106 valence electrons. The molecule has 2 heterocycles. The van der Waals surface area contributed by atoms with Crippen LogP contribution in [0.2, 0.25) is 0 Å². The van der Waals surface area contributed by atoms with Gasteiger partial charge in [0.05, 0.1) is 0 Å². The van der Waals surface area contributed by atoms with Crippen molar-refractivity contribution in [2.45, 2.75) is 51.9 Å². The molecule has 1 unspecified atom stereocenters. The first-order valence-corrected chi connectivity index (χ1v) is 7.63. The summed E-state index contributed by atoms with van der Waals surface area (Å²) in [6, 6.07) is 0. The van der Waals surface area contributed by atoms with Crippen LogP contribution in [-0.2, 0) is 0 Å². The van der Waals surface area contributed by atoms with Gasteiger partial charge in [-0.2, -0.15) is 0 Å². The first-order valence-electron chi connectivity index (χ1n) is 7.63. The van der Waals surface area contributed by atoms with E-state index in [1.165, 1.54) is 77.7 Å². The third kappa shape index (κ3) is 3.02. The summed E-state index contributed by atoms with van der Waals surface area (Å²) in [7, 11) is 0. The van der Waals surface area contributed by atoms with Crippen LogP contribution in [0.1, 0.15) is 51.9 Å². The fourth-order valence-corrected chi connectivity index (χ4v) is 4.52. The maximum absolute atomic E-state index is 3.54. The highest BCUT2D eigenvalue weighted by molar-refractivity contribution is 5.85. The van der Waals surface area contributed by atoms with Crippen molar-refractivity contribution in [3.63, 3.8) is 0 Å². The fraction of sp³-hybridized carbons (Fsp3) is 1.00. The van der Waals surface area contributed by atoms with Gasteiger partial charge in [-0.3, -0.25) is 0 Å². The highest BCUT2D eigenvalue weighted by Crippen LogP contribution is 2.45. The number of hydrogen-bond donors (Lipinski definition) is 1. The van der Waals surface area contributed by atoms with Crippen LogP contribution in [0.15, 0.2) is 0 Å². The molecule has 0 aromatic carbocycles. The Morgan fingerprint density at radius 2 is 1.78 bits per heavy atom. The number of rotatable bonds is 2. The Morgan fingerprint density at radius 1 is 1.06 bits per heavy atom. The van der Waals surface area contributed by atoms with Crippen LogP contribution in [0.5, 0.6) is 0 Å². The van der Waals surface area contributed by atoms with E-state index >= 15 is 0 Å². The Morgan fingerprint density at radius 3 is 2.44 bits per heavy atom. The topological polar surface area (TPSA) is 15.3 Å². The molecule has 3 rings (SSSR count). The van der Waals surface area contributed by atoms with Gasteiger partial charge in [0.1, 0.15) is 0 Å². The van der Waals surface area contributed by atoms with Gasteiger partial charge in [0.2, 0.25) is 0 Å². The molecule has 0 radical (unpaired) electrons. The van der Waals surface area contributed by atoms with Crippen LogP contribution in [0, 0.1) is 10.8 Å². The van der Waals surface area contributed by atoms with Crippen molar-refractivity contribution in [3.05, 3.63) is 0 Å². The average molecular weight is 273 g/mol. The normalized spacial score (nSPS) is 35.8. The van der Waals surface area contributed by atoms with E-state index in [0.717, 1.165) is 5.41 Å². The first-order chi connectivity index (χ1) is 8.20. The molecular weight excluding hydrogens is 244 g/mol. The minimum absolute atomic E-state index is 0. The lowest BCUT2D eigenvalue weighted by Crippen LogP contribution is -2.46. The quantitative estimate of drug-likeness (QED) is 0.831. The zero-order valence-electron chi connectivity index (χ0n) is 11.8. The fourth-order valence-electron chi connectivity index (χ4n) is 4.52. The van der Waals surface area contributed by atoms with Crippen molar-refractivity contribution in [1.29, 1.82) is 0 Å². The van der Waals surface area contributed by atoms with E-state index < -0.39 is 0 Å². The lowest BCUT2D eigenvalue weighted by molar-refractivity contribution is 0.0632. The van der Waals surface area contributed by atoms with Gasteiger partial charge >= 0.3 is 0 Å². The van der Waals surface area contributed by atoms with Crippen LogP contribution >= 0.6 is 12.4 Å². The van der Waals surface area contributed by atoms with E-state index in [1.807, 2.05) is 0 Å². The van der Waals surface area contributed by atoms with Crippen molar-refractivity contribution < 1.29 is 0 Å². The summed E-state index contributed by atoms with van der Waals surface area (Å²) in [6.45, 7) is 9.04. The molecule has 1 saturated carbocycles. The second-order valence-corrected chi connectivity index (χ2v) is 7.26. The van der Waals surface area contributed by atoms with Crippen molar-refractivity contribution in [2.75, 3.05) is 32.7 Å². The number of nitrogens with one attached hydrogen (secondary N) is 1. The van der Waals surface area contributed by atoms with E-state index in [9.17, 15) is 0 Å². The summed E-state index contributed by atoms with van der Waals surface area (Å²) in [4.78, 5) is 2.79. The molecular formula is C15H29ClN2. The molecule has 1 aliphatic carbocycles. The van der Waals surface area contributed by atoms with E-state index in [2.05, 4.69) is 17.1 Å². The molecule has 3 aliphatic rings. The monoisotopic (exact) mass is 272 g/mol. The maximum Gasteiger partial charge on any atom is 0.00482 e. The van der Waals surface area contributed by atoms with Gasteiger partial charge in [-0.15, -0.1) is 12.4 Å². The number of halogens is 1. The zero-order chi connectivity index (χ0) is 11.8. The van der Waals surface area contributed by atoms with Crippen LogP contribution in [-0.4, -0.2) is 37.6 Å². The molecule has 3 fully saturated rings. The molecule has 1 spiro atoms. The largest absolute Gasteiger partial charge is 0.316 e. The Bertz CT molecular complexity index is 266. The van der Waals surface area contributed by atoms with Gasteiger partial charge in [-0.05, 0) is 56.0 Å². The Balaban J connectivity index is 0.00000120. The predicted molar refractivity (Wildman–Crippen MR) is 79.4 cm³/mol. The summed E-state index contributed by atoms with van der Waals surface area (Å²) in [5.74, 6) is 0. The second-order valence-electron chi connectivity index (χ2n) is 7.26. The third-order valence-electron chi connectivity index (χ3n) is 5.47. The number of hydrogen-bond acceptors (Lipinski definition) is 2. The van der Waals surface area contributed by atoms with E-state index in [1.54, 1.807) is 0 Å². The molecule has 2 nitrogen and oxygen atoms in total. The molecule has 1 N–H and O–H groups in total. The van der Waals surface area contributed by atoms with Crippen LogP contribution in [0.4, 0.5) is 0 Å².